The fraction of sp³-hybridized carbons (Fsp3) is 0.500. The van der Waals surface area contributed by atoms with Crippen molar-refractivity contribution in [3.05, 3.63) is 23.0 Å². The molecule has 0 aromatic carbocycles. The highest BCUT2D eigenvalue weighted by molar-refractivity contribution is 6.01. The molecule has 1 aromatic heterocycles. The van der Waals surface area contributed by atoms with Gasteiger partial charge in [0.05, 0.1) is 12.3 Å². The van der Waals surface area contributed by atoms with E-state index >= 15 is 0 Å². The minimum absolute atomic E-state index is 0.237. The van der Waals surface area contributed by atoms with E-state index in [0.29, 0.717) is 29.0 Å². The molecule has 0 spiro atoms. The molecule has 0 aliphatic carbocycles. The molecule has 7 heteroatoms. The molecule has 3 rings (SSSR count). The molecule has 2 amide bonds. The molecule has 7 nitrogen and oxygen atoms in total. The number of nitrogens with one attached hydrogen (secondary N) is 1. The van der Waals surface area contributed by atoms with Gasteiger partial charge in [0.25, 0.3) is 0 Å². The molecule has 3 heterocycles. The predicted octanol–water partition coefficient (Wildman–Crippen LogP) is -0.304. The SMILES string of the molecule is Cc1ncc(CO)c2c1O[C@@]1(C)C[C@@H]2[C@H](C(N)=O)C(=O)N1. The molecule has 112 valence electrons. The Bertz CT molecular complexity index is 645. The highest BCUT2D eigenvalue weighted by atomic mass is 16.5. The Morgan fingerprint density at radius 1 is 1.67 bits per heavy atom. The van der Waals surface area contributed by atoms with Crippen LogP contribution in [0.5, 0.6) is 5.75 Å². The zero-order valence-corrected chi connectivity index (χ0v) is 11.8. The minimum atomic E-state index is -0.965. The number of hydrogen-bond donors (Lipinski definition) is 3. The van der Waals surface area contributed by atoms with E-state index in [9.17, 15) is 14.7 Å². The Balaban J connectivity index is 2.23. The highest BCUT2D eigenvalue weighted by Gasteiger charge is 2.52. The first kappa shape index (κ1) is 13.8. The molecule has 1 saturated heterocycles. The van der Waals surface area contributed by atoms with Gasteiger partial charge in [-0.1, -0.05) is 0 Å². The van der Waals surface area contributed by atoms with Gasteiger partial charge in [-0.15, -0.1) is 0 Å². The average Bonchev–Trinajstić information content (AvgIpc) is 2.38. The van der Waals surface area contributed by atoms with Crippen LogP contribution in [0.15, 0.2) is 6.20 Å². The molecule has 0 unspecified atom stereocenters. The van der Waals surface area contributed by atoms with Crippen molar-refractivity contribution in [3.63, 3.8) is 0 Å². The standard InChI is InChI=1S/C14H17N3O4/c1-6-11-9(7(5-18)4-16-6)8-3-14(2,21-11)17-13(20)10(8)12(15)19/h4,8,10,18H,3,5H2,1-2H3,(H2,15,19)(H,17,20)/t8-,10+,14-/m0/s1. The van der Waals surface area contributed by atoms with E-state index in [0.717, 1.165) is 0 Å². The summed E-state index contributed by atoms with van der Waals surface area (Å²) in [4.78, 5) is 28.1. The van der Waals surface area contributed by atoms with Crippen molar-refractivity contribution in [1.29, 1.82) is 0 Å². The second-order valence-corrected chi connectivity index (χ2v) is 5.78. The first-order valence-electron chi connectivity index (χ1n) is 6.76. The van der Waals surface area contributed by atoms with Gasteiger partial charge in [0.15, 0.2) is 5.72 Å². The number of piperidine rings is 1. The topological polar surface area (TPSA) is 115 Å². The first-order chi connectivity index (χ1) is 9.86. The summed E-state index contributed by atoms with van der Waals surface area (Å²) in [6, 6.07) is 0. The van der Waals surface area contributed by atoms with E-state index in [4.69, 9.17) is 10.5 Å². The highest BCUT2D eigenvalue weighted by Crippen LogP contribution is 2.48. The third-order valence-corrected chi connectivity index (χ3v) is 4.19. The number of nitrogens with zero attached hydrogens (tertiary/aromatic N) is 1. The van der Waals surface area contributed by atoms with Crippen LogP contribution in [0, 0.1) is 12.8 Å². The summed E-state index contributed by atoms with van der Waals surface area (Å²) in [5, 5.41) is 12.2. The van der Waals surface area contributed by atoms with Crippen LogP contribution in [0.3, 0.4) is 0 Å². The van der Waals surface area contributed by atoms with Crippen molar-refractivity contribution < 1.29 is 19.4 Å². The van der Waals surface area contributed by atoms with E-state index in [1.165, 1.54) is 0 Å². The summed E-state index contributed by atoms with van der Waals surface area (Å²) >= 11 is 0. The monoisotopic (exact) mass is 291 g/mol. The maximum atomic E-state index is 12.2. The lowest BCUT2D eigenvalue weighted by molar-refractivity contribution is -0.145. The molecular weight excluding hydrogens is 274 g/mol. The van der Waals surface area contributed by atoms with Gasteiger partial charge in [0.1, 0.15) is 11.7 Å². The van der Waals surface area contributed by atoms with Crippen LogP contribution in [0.1, 0.15) is 36.1 Å². The Hall–Kier alpha value is -2.15. The molecule has 2 aliphatic heterocycles. The van der Waals surface area contributed by atoms with Crippen molar-refractivity contribution in [1.82, 2.24) is 10.3 Å². The minimum Gasteiger partial charge on any atom is -0.466 e. The second-order valence-electron chi connectivity index (χ2n) is 5.78. The Morgan fingerprint density at radius 2 is 2.38 bits per heavy atom. The van der Waals surface area contributed by atoms with Crippen LogP contribution >= 0.6 is 0 Å². The van der Waals surface area contributed by atoms with Gasteiger partial charge in [-0.3, -0.25) is 14.6 Å². The Morgan fingerprint density at radius 3 is 3.00 bits per heavy atom. The molecule has 2 aliphatic rings. The molecule has 3 atom stereocenters. The number of hydrogen-bond acceptors (Lipinski definition) is 5. The third kappa shape index (κ3) is 1.96. The summed E-state index contributed by atoms with van der Waals surface area (Å²) < 4.78 is 5.90. The lowest BCUT2D eigenvalue weighted by Gasteiger charge is -2.47. The van der Waals surface area contributed by atoms with E-state index in [1.807, 2.05) is 0 Å². The Kier molecular flexibility index (Phi) is 2.91. The number of aliphatic hydroxyl groups is 1. The number of fused-ring (bicyclic) bond motifs is 4. The van der Waals surface area contributed by atoms with Crippen LogP contribution in [0.25, 0.3) is 0 Å². The van der Waals surface area contributed by atoms with E-state index < -0.39 is 29.4 Å². The molecule has 21 heavy (non-hydrogen) atoms. The average molecular weight is 291 g/mol. The van der Waals surface area contributed by atoms with Gasteiger partial charge in [-0.2, -0.15) is 0 Å². The number of aromatic nitrogens is 1. The number of nitrogens with two attached hydrogens (primary N) is 1. The number of rotatable bonds is 2. The van der Waals surface area contributed by atoms with Crippen LogP contribution in [0.4, 0.5) is 0 Å². The molecular formula is C14H17N3O4. The summed E-state index contributed by atoms with van der Waals surface area (Å²) in [5.74, 6) is -1.97. The third-order valence-electron chi connectivity index (χ3n) is 4.19. The van der Waals surface area contributed by atoms with Crippen LogP contribution in [-0.4, -0.2) is 27.6 Å². The number of aliphatic hydroxyl groups excluding tert-OH is 1. The van der Waals surface area contributed by atoms with Gasteiger partial charge in [-0.25, -0.2) is 0 Å². The van der Waals surface area contributed by atoms with Crippen molar-refractivity contribution in [2.24, 2.45) is 11.7 Å². The summed E-state index contributed by atoms with van der Waals surface area (Å²) in [6.07, 6.45) is 1.97. The summed E-state index contributed by atoms with van der Waals surface area (Å²) in [7, 11) is 0. The summed E-state index contributed by atoms with van der Waals surface area (Å²) in [5.41, 5.74) is 6.39. The number of carbonyl (C=O) groups is 2. The first-order valence-corrected chi connectivity index (χ1v) is 6.76. The van der Waals surface area contributed by atoms with E-state index in [-0.39, 0.29) is 6.61 Å². The zero-order valence-electron chi connectivity index (χ0n) is 11.8. The number of amides is 2. The quantitative estimate of drug-likeness (QED) is 0.647. The predicted molar refractivity (Wildman–Crippen MR) is 72.1 cm³/mol. The number of ether oxygens (including phenoxy) is 1. The second kappa shape index (κ2) is 4.42. The number of primary amides is 1. The molecule has 1 aromatic rings. The molecule has 2 bridgehead atoms. The lowest BCUT2D eigenvalue weighted by Crippen LogP contribution is -2.62. The molecule has 0 radical (unpaired) electrons. The zero-order chi connectivity index (χ0) is 15.4. The van der Waals surface area contributed by atoms with Crippen LogP contribution < -0.4 is 15.8 Å². The van der Waals surface area contributed by atoms with Gasteiger partial charge >= 0.3 is 0 Å². The van der Waals surface area contributed by atoms with Crippen LogP contribution in [0.2, 0.25) is 0 Å². The van der Waals surface area contributed by atoms with Crippen molar-refractivity contribution in [3.8, 4) is 5.75 Å². The van der Waals surface area contributed by atoms with E-state index in [1.54, 1.807) is 20.0 Å². The number of carbonyl (C=O) groups excluding carboxylic acids is 2. The van der Waals surface area contributed by atoms with Crippen molar-refractivity contribution >= 4 is 11.8 Å². The van der Waals surface area contributed by atoms with Gasteiger partial charge < -0.3 is 20.9 Å². The molecule has 4 N–H and O–H groups in total. The maximum Gasteiger partial charge on any atom is 0.236 e. The number of aryl methyl sites for hydroxylation is 1. The largest absolute Gasteiger partial charge is 0.466 e. The Labute approximate surface area is 121 Å². The van der Waals surface area contributed by atoms with Crippen molar-refractivity contribution in [2.75, 3.05) is 0 Å². The molecule has 0 saturated carbocycles. The van der Waals surface area contributed by atoms with Crippen LogP contribution in [-0.2, 0) is 16.2 Å². The normalized spacial score (nSPS) is 30.1. The van der Waals surface area contributed by atoms with Gasteiger partial charge in [0, 0.05) is 29.7 Å². The van der Waals surface area contributed by atoms with Gasteiger partial charge in [0.2, 0.25) is 11.8 Å². The maximum absolute atomic E-state index is 12.2. The number of pyridine rings is 1. The van der Waals surface area contributed by atoms with Gasteiger partial charge in [-0.05, 0) is 13.8 Å². The lowest BCUT2D eigenvalue weighted by atomic mass is 9.73. The van der Waals surface area contributed by atoms with Crippen molar-refractivity contribution in [2.45, 2.75) is 38.5 Å². The fourth-order valence-corrected chi connectivity index (χ4v) is 3.30. The summed E-state index contributed by atoms with van der Waals surface area (Å²) in [6.45, 7) is 3.30. The smallest absolute Gasteiger partial charge is 0.236 e. The fourth-order valence-electron chi connectivity index (χ4n) is 3.30. The van der Waals surface area contributed by atoms with E-state index in [2.05, 4.69) is 10.3 Å². The molecule has 1 fully saturated rings.